The fourth-order valence-corrected chi connectivity index (χ4v) is 2.24. The third-order valence-electron chi connectivity index (χ3n) is 3.94. The molecule has 6 nitrogen and oxygen atoms in total. The van der Waals surface area contributed by atoms with Crippen molar-refractivity contribution in [1.82, 2.24) is 5.32 Å². The highest BCUT2D eigenvalue weighted by molar-refractivity contribution is 5.95. The summed E-state index contributed by atoms with van der Waals surface area (Å²) in [5, 5.41) is 15.0. The molecule has 2 rings (SSSR count). The van der Waals surface area contributed by atoms with Gasteiger partial charge in [0, 0.05) is 22.7 Å². The Morgan fingerprint density at radius 1 is 1.30 bits per heavy atom. The van der Waals surface area contributed by atoms with Gasteiger partial charge in [0.05, 0.1) is 6.10 Å². The fourth-order valence-electron chi connectivity index (χ4n) is 2.24. The van der Waals surface area contributed by atoms with Crippen LogP contribution in [0.1, 0.15) is 30.6 Å². The smallest absolute Gasteiger partial charge is 0.316 e. The van der Waals surface area contributed by atoms with Crippen LogP contribution in [0.3, 0.4) is 0 Å². The van der Waals surface area contributed by atoms with E-state index in [0.29, 0.717) is 17.7 Å². The molecule has 2 unspecified atom stereocenters. The van der Waals surface area contributed by atoms with Crippen LogP contribution in [0.5, 0.6) is 0 Å². The number of aliphatic hydroxyl groups is 1. The largest absolute Gasteiger partial charge is 0.392 e. The van der Waals surface area contributed by atoms with E-state index in [9.17, 15) is 14.7 Å². The Labute approximate surface area is 117 Å². The molecule has 0 bridgehead atoms. The highest BCUT2D eigenvalue weighted by Gasteiger charge is 2.47. The molecule has 0 radical (unpaired) electrons. The van der Waals surface area contributed by atoms with Crippen molar-refractivity contribution in [3.8, 4) is 0 Å². The monoisotopic (exact) mass is 277 g/mol. The molecular formula is C14H19N3O3. The van der Waals surface area contributed by atoms with Crippen LogP contribution >= 0.6 is 0 Å². The van der Waals surface area contributed by atoms with Gasteiger partial charge in [0.2, 0.25) is 0 Å². The lowest BCUT2D eigenvalue weighted by Crippen LogP contribution is -2.61. The first-order chi connectivity index (χ1) is 9.30. The summed E-state index contributed by atoms with van der Waals surface area (Å²) in [4.78, 5) is 22.8. The highest BCUT2D eigenvalue weighted by atomic mass is 16.3. The SMILES string of the molecule is CC1(C)C(O)CC1NC(=O)c1ccc(NC(N)=O)cc1. The maximum Gasteiger partial charge on any atom is 0.316 e. The number of urea groups is 1. The van der Waals surface area contributed by atoms with Crippen molar-refractivity contribution in [3.63, 3.8) is 0 Å². The zero-order valence-electron chi connectivity index (χ0n) is 11.5. The van der Waals surface area contributed by atoms with Gasteiger partial charge in [0.15, 0.2) is 0 Å². The number of carbonyl (C=O) groups excluding carboxylic acids is 2. The number of hydrogen-bond acceptors (Lipinski definition) is 3. The lowest BCUT2D eigenvalue weighted by Gasteiger charge is -2.49. The maximum absolute atomic E-state index is 12.1. The van der Waals surface area contributed by atoms with E-state index in [1.807, 2.05) is 13.8 Å². The third-order valence-corrected chi connectivity index (χ3v) is 3.94. The van der Waals surface area contributed by atoms with Crippen molar-refractivity contribution < 1.29 is 14.7 Å². The van der Waals surface area contributed by atoms with E-state index in [1.54, 1.807) is 24.3 Å². The van der Waals surface area contributed by atoms with Crippen LogP contribution in [0.15, 0.2) is 24.3 Å². The lowest BCUT2D eigenvalue weighted by atomic mass is 9.64. The van der Waals surface area contributed by atoms with Gasteiger partial charge in [-0.05, 0) is 30.7 Å². The Bertz CT molecular complexity index is 525. The van der Waals surface area contributed by atoms with Crippen LogP contribution in [-0.2, 0) is 0 Å². The predicted octanol–water partition coefficient (Wildman–Crippen LogP) is 1.07. The second kappa shape index (κ2) is 5.13. The van der Waals surface area contributed by atoms with Gasteiger partial charge in [0.25, 0.3) is 5.91 Å². The Morgan fingerprint density at radius 2 is 1.90 bits per heavy atom. The molecule has 2 atom stereocenters. The first kappa shape index (κ1) is 14.3. The molecule has 1 fully saturated rings. The summed E-state index contributed by atoms with van der Waals surface area (Å²) in [6.07, 6.45) is 0.190. The third kappa shape index (κ3) is 2.75. The first-order valence-electron chi connectivity index (χ1n) is 6.46. The van der Waals surface area contributed by atoms with Gasteiger partial charge in [-0.15, -0.1) is 0 Å². The first-order valence-corrected chi connectivity index (χ1v) is 6.46. The van der Waals surface area contributed by atoms with Gasteiger partial charge < -0.3 is 21.5 Å². The number of nitrogens with one attached hydrogen (secondary N) is 2. The molecule has 0 saturated heterocycles. The molecule has 0 aromatic heterocycles. The number of carbonyl (C=O) groups is 2. The van der Waals surface area contributed by atoms with Crippen molar-refractivity contribution in [1.29, 1.82) is 0 Å². The quantitative estimate of drug-likeness (QED) is 0.664. The summed E-state index contributed by atoms with van der Waals surface area (Å²) >= 11 is 0. The van der Waals surface area contributed by atoms with E-state index in [0.717, 1.165) is 0 Å². The Morgan fingerprint density at radius 3 is 2.35 bits per heavy atom. The van der Waals surface area contributed by atoms with Crippen molar-refractivity contribution in [3.05, 3.63) is 29.8 Å². The van der Waals surface area contributed by atoms with E-state index >= 15 is 0 Å². The molecule has 1 aliphatic carbocycles. The summed E-state index contributed by atoms with van der Waals surface area (Å²) in [7, 11) is 0. The average Bonchev–Trinajstić information content (AvgIpc) is 2.38. The minimum absolute atomic E-state index is 0.0339. The summed E-state index contributed by atoms with van der Waals surface area (Å²) < 4.78 is 0. The zero-order valence-corrected chi connectivity index (χ0v) is 11.5. The number of anilines is 1. The Hall–Kier alpha value is -2.08. The van der Waals surface area contributed by atoms with Gasteiger partial charge in [-0.3, -0.25) is 4.79 Å². The van der Waals surface area contributed by atoms with Crippen LogP contribution in [0.25, 0.3) is 0 Å². The van der Waals surface area contributed by atoms with Crippen LogP contribution in [0.2, 0.25) is 0 Å². The number of rotatable bonds is 3. The van der Waals surface area contributed by atoms with Crippen molar-refractivity contribution in [2.75, 3.05) is 5.32 Å². The zero-order chi connectivity index (χ0) is 14.9. The van der Waals surface area contributed by atoms with Crippen LogP contribution in [-0.4, -0.2) is 29.2 Å². The molecule has 108 valence electrons. The standard InChI is InChI=1S/C14H19N3O3/c1-14(2)10(7-11(14)18)17-12(19)8-3-5-9(6-4-8)16-13(15)20/h3-6,10-11,18H,7H2,1-2H3,(H,17,19)(H3,15,16,20). The molecule has 6 heteroatoms. The summed E-state index contributed by atoms with van der Waals surface area (Å²) in [5.41, 5.74) is 5.73. The van der Waals surface area contributed by atoms with Gasteiger partial charge in [-0.25, -0.2) is 4.79 Å². The number of benzene rings is 1. The predicted molar refractivity (Wildman–Crippen MR) is 75.3 cm³/mol. The average molecular weight is 277 g/mol. The van der Waals surface area contributed by atoms with E-state index in [4.69, 9.17) is 5.73 Å². The molecule has 5 N–H and O–H groups in total. The van der Waals surface area contributed by atoms with Crippen molar-refractivity contribution in [2.45, 2.75) is 32.4 Å². The number of aliphatic hydroxyl groups excluding tert-OH is 1. The molecule has 20 heavy (non-hydrogen) atoms. The molecule has 0 aliphatic heterocycles. The molecule has 1 aromatic carbocycles. The number of primary amides is 1. The second-order valence-electron chi connectivity index (χ2n) is 5.67. The van der Waals surface area contributed by atoms with Crippen molar-refractivity contribution in [2.24, 2.45) is 11.1 Å². The molecule has 0 spiro atoms. The number of amides is 3. The summed E-state index contributed by atoms with van der Waals surface area (Å²) in [5.74, 6) is -0.194. The van der Waals surface area contributed by atoms with Gasteiger partial charge >= 0.3 is 6.03 Å². The molecule has 1 aliphatic rings. The lowest BCUT2D eigenvalue weighted by molar-refractivity contribution is -0.0689. The molecule has 3 amide bonds. The number of hydrogen-bond donors (Lipinski definition) is 4. The topological polar surface area (TPSA) is 104 Å². The maximum atomic E-state index is 12.1. The van der Waals surface area contributed by atoms with Crippen LogP contribution in [0, 0.1) is 5.41 Å². The normalized spacial score (nSPS) is 23.6. The summed E-state index contributed by atoms with van der Waals surface area (Å²) in [6, 6.07) is 5.77. The van der Waals surface area contributed by atoms with Crippen LogP contribution < -0.4 is 16.4 Å². The Kier molecular flexibility index (Phi) is 3.67. The molecular weight excluding hydrogens is 258 g/mol. The van der Waals surface area contributed by atoms with E-state index in [2.05, 4.69) is 10.6 Å². The molecule has 0 heterocycles. The van der Waals surface area contributed by atoms with Gasteiger partial charge in [0.1, 0.15) is 0 Å². The van der Waals surface area contributed by atoms with Gasteiger partial charge in [-0.1, -0.05) is 13.8 Å². The molecule has 1 saturated carbocycles. The van der Waals surface area contributed by atoms with Crippen molar-refractivity contribution >= 4 is 17.6 Å². The van der Waals surface area contributed by atoms with E-state index < -0.39 is 6.03 Å². The van der Waals surface area contributed by atoms with E-state index in [-0.39, 0.29) is 23.5 Å². The minimum atomic E-state index is -0.646. The highest BCUT2D eigenvalue weighted by Crippen LogP contribution is 2.40. The fraction of sp³-hybridized carbons (Fsp3) is 0.429. The molecule has 1 aromatic rings. The van der Waals surface area contributed by atoms with Gasteiger partial charge in [-0.2, -0.15) is 0 Å². The van der Waals surface area contributed by atoms with Crippen LogP contribution in [0.4, 0.5) is 10.5 Å². The second-order valence-corrected chi connectivity index (χ2v) is 5.67. The minimum Gasteiger partial charge on any atom is -0.392 e. The van der Waals surface area contributed by atoms with E-state index in [1.165, 1.54) is 0 Å². The summed E-state index contributed by atoms with van der Waals surface area (Å²) in [6.45, 7) is 3.85. The number of nitrogens with two attached hydrogens (primary N) is 1. The Balaban J connectivity index is 1.98.